The maximum atomic E-state index is 5.31. The Balaban J connectivity index is 2.31. The topological polar surface area (TPSA) is 30.5 Å². The molecule has 1 N–H and O–H groups in total. The third kappa shape index (κ3) is 1.94. The Morgan fingerprint density at radius 1 is 1.30 bits per heavy atom. The van der Waals surface area contributed by atoms with Gasteiger partial charge in [0, 0.05) is 5.41 Å². The van der Waals surface area contributed by atoms with Crippen molar-refractivity contribution in [1.82, 2.24) is 5.32 Å². The second kappa shape index (κ2) is 2.86. The van der Waals surface area contributed by atoms with Crippen LogP contribution in [0.1, 0.15) is 13.8 Å². The minimum absolute atomic E-state index is 0.174. The summed E-state index contributed by atoms with van der Waals surface area (Å²) in [5, 5.41) is 2.90. The Bertz CT molecular complexity index is 104. The largest absolute Gasteiger partial charge is 0.339 e. The lowest BCUT2D eigenvalue weighted by atomic mass is 9.96. The van der Waals surface area contributed by atoms with Crippen LogP contribution in [0.15, 0.2) is 0 Å². The number of hydrogen-bond donors (Lipinski definition) is 1. The van der Waals surface area contributed by atoms with Crippen LogP contribution in [0.5, 0.6) is 0 Å². The van der Waals surface area contributed by atoms with Gasteiger partial charge in [0.15, 0.2) is 0 Å². The molecule has 0 unspecified atom stereocenters. The van der Waals surface area contributed by atoms with Crippen molar-refractivity contribution in [3.8, 4) is 0 Å². The molecule has 3 heteroatoms. The zero-order valence-corrected chi connectivity index (χ0v) is 6.81. The normalized spacial score (nSPS) is 26.7. The molecule has 0 aromatic carbocycles. The predicted molar refractivity (Wildman–Crippen MR) is 38.5 cm³/mol. The molecule has 1 rings (SSSR count). The molecule has 0 aromatic heterocycles. The third-order valence-corrected chi connectivity index (χ3v) is 1.49. The molecule has 60 valence electrons. The van der Waals surface area contributed by atoms with Crippen LogP contribution in [0, 0.1) is 5.41 Å². The molecular formula is C7H15NO2. The van der Waals surface area contributed by atoms with Crippen LogP contribution in [-0.2, 0) is 9.47 Å². The van der Waals surface area contributed by atoms with Crippen LogP contribution in [0.3, 0.4) is 0 Å². The van der Waals surface area contributed by atoms with Gasteiger partial charge in [0.05, 0.1) is 13.2 Å². The van der Waals surface area contributed by atoms with Gasteiger partial charge in [0.2, 0.25) is 6.41 Å². The fourth-order valence-corrected chi connectivity index (χ4v) is 0.859. The van der Waals surface area contributed by atoms with Gasteiger partial charge in [0.1, 0.15) is 0 Å². The lowest BCUT2D eigenvalue weighted by Crippen LogP contribution is -2.43. The van der Waals surface area contributed by atoms with Crippen LogP contribution in [-0.4, -0.2) is 26.7 Å². The minimum atomic E-state index is -0.201. The molecule has 1 saturated heterocycles. The van der Waals surface area contributed by atoms with E-state index in [-0.39, 0.29) is 11.8 Å². The van der Waals surface area contributed by atoms with E-state index in [1.54, 1.807) is 0 Å². The summed E-state index contributed by atoms with van der Waals surface area (Å²) in [5.74, 6) is 0. The maximum absolute atomic E-state index is 5.31. The lowest BCUT2D eigenvalue weighted by Gasteiger charge is -2.33. The number of hydrogen-bond acceptors (Lipinski definition) is 3. The van der Waals surface area contributed by atoms with Gasteiger partial charge in [-0.1, -0.05) is 13.8 Å². The van der Waals surface area contributed by atoms with E-state index >= 15 is 0 Å². The second-order valence-corrected chi connectivity index (χ2v) is 3.41. The van der Waals surface area contributed by atoms with E-state index in [2.05, 4.69) is 19.2 Å². The fourth-order valence-electron chi connectivity index (χ4n) is 0.859. The van der Waals surface area contributed by atoms with Gasteiger partial charge in [-0.2, -0.15) is 0 Å². The summed E-state index contributed by atoms with van der Waals surface area (Å²) in [6, 6.07) is 0. The first-order chi connectivity index (χ1) is 4.64. The van der Waals surface area contributed by atoms with E-state index in [0.717, 1.165) is 13.2 Å². The average molecular weight is 145 g/mol. The van der Waals surface area contributed by atoms with Crippen LogP contribution < -0.4 is 5.32 Å². The Labute approximate surface area is 61.7 Å². The molecule has 0 aliphatic carbocycles. The van der Waals surface area contributed by atoms with Gasteiger partial charge >= 0.3 is 0 Å². The Hall–Kier alpha value is -0.120. The van der Waals surface area contributed by atoms with Gasteiger partial charge in [-0.15, -0.1) is 0 Å². The molecule has 1 aliphatic heterocycles. The van der Waals surface area contributed by atoms with Crippen molar-refractivity contribution in [2.45, 2.75) is 20.3 Å². The molecule has 0 radical (unpaired) electrons. The summed E-state index contributed by atoms with van der Waals surface area (Å²) in [5.41, 5.74) is 0.174. The molecule has 3 nitrogen and oxygen atoms in total. The standard InChI is InChI=1S/C7H15NO2/c1-7(2)4-9-6(8-3)10-5-7/h6,8H,4-5H2,1-3H3. The zero-order chi connectivity index (χ0) is 7.61. The van der Waals surface area contributed by atoms with Gasteiger partial charge in [0.25, 0.3) is 0 Å². The van der Waals surface area contributed by atoms with E-state index in [0.29, 0.717) is 0 Å². The van der Waals surface area contributed by atoms with E-state index in [4.69, 9.17) is 9.47 Å². The van der Waals surface area contributed by atoms with E-state index in [1.165, 1.54) is 0 Å². The highest BCUT2D eigenvalue weighted by Gasteiger charge is 2.27. The van der Waals surface area contributed by atoms with Gasteiger partial charge in [-0.05, 0) is 7.05 Å². The molecule has 1 fully saturated rings. The summed E-state index contributed by atoms with van der Waals surface area (Å²) in [4.78, 5) is 0. The van der Waals surface area contributed by atoms with Crippen molar-refractivity contribution in [3.63, 3.8) is 0 Å². The Morgan fingerprint density at radius 2 is 1.80 bits per heavy atom. The molecule has 1 aliphatic rings. The molecule has 0 saturated carbocycles. The van der Waals surface area contributed by atoms with Crippen molar-refractivity contribution < 1.29 is 9.47 Å². The quantitative estimate of drug-likeness (QED) is 0.585. The molecule has 10 heavy (non-hydrogen) atoms. The van der Waals surface area contributed by atoms with E-state index in [1.807, 2.05) is 7.05 Å². The van der Waals surface area contributed by atoms with E-state index < -0.39 is 0 Å². The highest BCUT2D eigenvalue weighted by molar-refractivity contribution is 4.69. The van der Waals surface area contributed by atoms with Crippen molar-refractivity contribution in [2.75, 3.05) is 20.3 Å². The summed E-state index contributed by atoms with van der Waals surface area (Å²) in [6.45, 7) is 5.77. The van der Waals surface area contributed by atoms with E-state index in [9.17, 15) is 0 Å². The number of rotatable bonds is 1. The van der Waals surface area contributed by atoms with Gasteiger partial charge in [-0.25, -0.2) is 0 Å². The SMILES string of the molecule is CNC1OCC(C)(C)CO1. The second-order valence-electron chi connectivity index (χ2n) is 3.41. The Morgan fingerprint density at radius 3 is 2.20 bits per heavy atom. The monoisotopic (exact) mass is 145 g/mol. The maximum Gasteiger partial charge on any atom is 0.215 e. The molecule has 0 spiro atoms. The Kier molecular flexibility index (Phi) is 2.28. The molecule has 0 amide bonds. The molecular weight excluding hydrogens is 130 g/mol. The third-order valence-electron chi connectivity index (χ3n) is 1.49. The predicted octanol–water partition coefficient (Wildman–Crippen LogP) is 0.562. The van der Waals surface area contributed by atoms with Crippen LogP contribution in [0.2, 0.25) is 0 Å². The van der Waals surface area contributed by atoms with Crippen LogP contribution in [0.25, 0.3) is 0 Å². The van der Waals surface area contributed by atoms with Crippen LogP contribution in [0.4, 0.5) is 0 Å². The first-order valence-electron chi connectivity index (χ1n) is 3.54. The number of nitrogens with one attached hydrogen (secondary N) is 1. The van der Waals surface area contributed by atoms with Crippen molar-refractivity contribution >= 4 is 0 Å². The fraction of sp³-hybridized carbons (Fsp3) is 1.00. The van der Waals surface area contributed by atoms with Gasteiger partial charge in [-0.3, -0.25) is 5.32 Å². The molecule has 0 atom stereocenters. The highest BCUT2D eigenvalue weighted by Crippen LogP contribution is 2.21. The van der Waals surface area contributed by atoms with Crippen LogP contribution >= 0.6 is 0 Å². The molecule has 1 heterocycles. The zero-order valence-electron chi connectivity index (χ0n) is 6.81. The first kappa shape index (κ1) is 7.98. The highest BCUT2D eigenvalue weighted by atomic mass is 16.7. The molecule has 0 bridgehead atoms. The van der Waals surface area contributed by atoms with Crippen molar-refractivity contribution in [2.24, 2.45) is 5.41 Å². The summed E-state index contributed by atoms with van der Waals surface area (Å²) in [6.07, 6.45) is -0.201. The molecule has 0 aromatic rings. The lowest BCUT2D eigenvalue weighted by molar-refractivity contribution is -0.232. The first-order valence-corrected chi connectivity index (χ1v) is 3.54. The minimum Gasteiger partial charge on any atom is -0.339 e. The van der Waals surface area contributed by atoms with Crippen molar-refractivity contribution in [3.05, 3.63) is 0 Å². The smallest absolute Gasteiger partial charge is 0.215 e. The summed E-state index contributed by atoms with van der Waals surface area (Å²) in [7, 11) is 1.82. The summed E-state index contributed by atoms with van der Waals surface area (Å²) >= 11 is 0. The number of ether oxygens (including phenoxy) is 2. The van der Waals surface area contributed by atoms with Gasteiger partial charge < -0.3 is 9.47 Å². The van der Waals surface area contributed by atoms with Crippen molar-refractivity contribution in [1.29, 1.82) is 0 Å². The summed E-state index contributed by atoms with van der Waals surface area (Å²) < 4.78 is 10.6. The average Bonchev–Trinajstić information content (AvgIpc) is 1.88.